The van der Waals surface area contributed by atoms with Crippen molar-refractivity contribution in [3.63, 3.8) is 0 Å². The normalized spacial score (nSPS) is 12.4. The van der Waals surface area contributed by atoms with Crippen LogP contribution in [0.3, 0.4) is 0 Å². The molecule has 0 saturated heterocycles. The van der Waals surface area contributed by atoms with Crippen LogP contribution in [-0.4, -0.2) is 33.3 Å². The van der Waals surface area contributed by atoms with Gasteiger partial charge in [-0.2, -0.15) is 5.21 Å². The van der Waals surface area contributed by atoms with Crippen LogP contribution < -0.4 is 14.8 Å². The van der Waals surface area contributed by atoms with Gasteiger partial charge in [0.1, 0.15) is 0 Å². The van der Waals surface area contributed by atoms with E-state index in [0.717, 1.165) is 17.1 Å². The van der Waals surface area contributed by atoms with Crippen molar-refractivity contribution in [2.24, 2.45) is 0 Å². The van der Waals surface area contributed by atoms with Gasteiger partial charge in [-0.15, -0.1) is 10.2 Å². The molecule has 0 spiro atoms. The Hall–Kier alpha value is -2.64. The fourth-order valence-electron chi connectivity index (χ4n) is 1.88. The van der Waals surface area contributed by atoms with Crippen LogP contribution in [0, 0.1) is 0 Å². The molecule has 1 aromatic heterocycles. The summed E-state index contributed by atoms with van der Waals surface area (Å²) in [6.07, 6.45) is 1.02. The third-order valence-corrected chi connectivity index (χ3v) is 2.91. The number of hydrogen-bond donors (Lipinski definition) is 2. The predicted molar refractivity (Wildman–Crippen MR) is 66.9 cm³/mol. The molecule has 0 bridgehead atoms. The number of carbonyl (C=O) groups excluding carboxylic acids is 1. The monoisotopic (exact) mass is 275 g/mol. The van der Waals surface area contributed by atoms with Crippen molar-refractivity contribution >= 4 is 5.91 Å². The van der Waals surface area contributed by atoms with Crippen LogP contribution in [0.5, 0.6) is 11.5 Å². The largest absolute Gasteiger partial charge is 0.454 e. The molecule has 1 aliphatic heterocycles. The molecule has 0 atom stereocenters. The Labute approximate surface area is 114 Å². The van der Waals surface area contributed by atoms with Gasteiger partial charge in [0.25, 0.3) is 0 Å². The maximum atomic E-state index is 11.7. The quantitative estimate of drug-likeness (QED) is 0.807. The topological polar surface area (TPSA) is 102 Å². The van der Waals surface area contributed by atoms with Crippen molar-refractivity contribution in [2.75, 3.05) is 6.79 Å². The molecule has 2 heterocycles. The minimum absolute atomic E-state index is 0.0625. The first kappa shape index (κ1) is 12.4. The average molecular weight is 275 g/mol. The lowest BCUT2D eigenvalue weighted by molar-refractivity contribution is -0.121. The van der Waals surface area contributed by atoms with Gasteiger partial charge in [0.2, 0.25) is 12.7 Å². The van der Waals surface area contributed by atoms with Crippen LogP contribution >= 0.6 is 0 Å². The van der Waals surface area contributed by atoms with Gasteiger partial charge in [-0.1, -0.05) is 11.3 Å². The minimum Gasteiger partial charge on any atom is -0.454 e. The molecule has 0 aliphatic carbocycles. The molecular formula is C12H13N5O3. The van der Waals surface area contributed by atoms with Gasteiger partial charge in [0.15, 0.2) is 17.3 Å². The number of H-pyrrole nitrogens is 1. The molecule has 0 radical (unpaired) electrons. The number of aromatic amines is 1. The summed E-state index contributed by atoms with van der Waals surface area (Å²) in [5, 5.41) is 16.0. The zero-order valence-corrected chi connectivity index (χ0v) is 10.6. The number of nitrogens with zero attached hydrogens (tertiary/aromatic N) is 3. The highest BCUT2D eigenvalue weighted by atomic mass is 16.7. The Balaban J connectivity index is 1.48. The van der Waals surface area contributed by atoms with Crippen molar-refractivity contribution in [2.45, 2.75) is 19.4 Å². The number of benzene rings is 1. The number of tetrazole rings is 1. The molecule has 1 amide bonds. The highest BCUT2D eigenvalue weighted by Gasteiger charge is 2.13. The number of ether oxygens (including phenoxy) is 2. The average Bonchev–Trinajstić information content (AvgIpc) is 3.13. The summed E-state index contributed by atoms with van der Waals surface area (Å²) in [6.45, 7) is 0.528. The highest BCUT2D eigenvalue weighted by Crippen LogP contribution is 2.32. The van der Waals surface area contributed by atoms with Crippen LogP contribution in [0.25, 0.3) is 0 Å². The van der Waals surface area contributed by atoms with E-state index in [1.165, 1.54) is 0 Å². The van der Waals surface area contributed by atoms with E-state index < -0.39 is 0 Å². The Bertz CT molecular complexity index is 599. The summed E-state index contributed by atoms with van der Waals surface area (Å²) < 4.78 is 10.5. The molecule has 1 aromatic carbocycles. The molecular weight excluding hydrogens is 262 g/mol. The van der Waals surface area contributed by atoms with Crippen LogP contribution in [0.2, 0.25) is 0 Å². The number of fused-ring (bicyclic) bond motifs is 1. The van der Waals surface area contributed by atoms with Gasteiger partial charge in [0, 0.05) is 6.42 Å². The maximum absolute atomic E-state index is 11.7. The number of amides is 1. The molecule has 104 valence electrons. The zero-order chi connectivity index (χ0) is 13.8. The lowest BCUT2D eigenvalue weighted by Crippen LogP contribution is -2.23. The first-order valence-corrected chi connectivity index (χ1v) is 6.19. The summed E-state index contributed by atoms with van der Waals surface area (Å²) in [4.78, 5) is 11.7. The second kappa shape index (κ2) is 5.55. The molecule has 0 saturated carbocycles. The summed E-state index contributed by atoms with van der Waals surface area (Å²) in [7, 11) is 0. The van der Waals surface area contributed by atoms with E-state index in [9.17, 15) is 4.79 Å². The Morgan fingerprint density at radius 2 is 2.25 bits per heavy atom. The Morgan fingerprint density at radius 1 is 1.35 bits per heavy atom. The smallest absolute Gasteiger partial charge is 0.231 e. The molecule has 2 N–H and O–H groups in total. The number of aromatic nitrogens is 4. The van der Waals surface area contributed by atoms with E-state index >= 15 is 0 Å². The number of carbonyl (C=O) groups is 1. The van der Waals surface area contributed by atoms with E-state index in [1.54, 1.807) is 0 Å². The van der Waals surface area contributed by atoms with Crippen molar-refractivity contribution < 1.29 is 14.3 Å². The molecule has 3 rings (SSSR count). The lowest BCUT2D eigenvalue weighted by Gasteiger charge is -2.04. The standard InChI is InChI=1S/C12H13N5O3/c18-12(13-6-11-14-16-17-15-11)4-2-8-1-3-9-10(5-8)20-7-19-9/h1,3,5H,2,4,6-7H2,(H,13,18)(H,14,15,16,17). The number of hydrogen-bond acceptors (Lipinski definition) is 6. The van der Waals surface area contributed by atoms with E-state index in [2.05, 4.69) is 25.9 Å². The first-order chi connectivity index (χ1) is 9.81. The second-order valence-electron chi connectivity index (χ2n) is 4.29. The van der Waals surface area contributed by atoms with Crippen LogP contribution in [-0.2, 0) is 17.8 Å². The zero-order valence-electron chi connectivity index (χ0n) is 10.6. The van der Waals surface area contributed by atoms with Gasteiger partial charge in [0.05, 0.1) is 6.54 Å². The third kappa shape index (κ3) is 2.85. The van der Waals surface area contributed by atoms with Crippen LogP contribution in [0.1, 0.15) is 17.8 Å². The predicted octanol–water partition coefficient (Wildman–Crippen LogP) is 0.177. The molecule has 2 aromatic rings. The summed E-state index contributed by atoms with van der Waals surface area (Å²) >= 11 is 0. The van der Waals surface area contributed by atoms with Gasteiger partial charge in [-0.25, -0.2) is 0 Å². The van der Waals surface area contributed by atoms with Gasteiger partial charge in [-0.05, 0) is 24.1 Å². The van der Waals surface area contributed by atoms with Crippen LogP contribution in [0.15, 0.2) is 18.2 Å². The minimum atomic E-state index is -0.0625. The van der Waals surface area contributed by atoms with E-state index in [0.29, 0.717) is 18.7 Å². The van der Waals surface area contributed by atoms with Crippen molar-refractivity contribution in [3.05, 3.63) is 29.6 Å². The molecule has 0 unspecified atom stereocenters. The van der Waals surface area contributed by atoms with E-state index in [1.807, 2.05) is 18.2 Å². The SMILES string of the molecule is O=C(CCc1ccc2c(c1)OCO2)NCc1nn[nH]n1. The number of rotatable bonds is 5. The fraction of sp³-hybridized carbons (Fsp3) is 0.333. The summed E-state index contributed by atoms with van der Waals surface area (Å²) in [5.74, 6) is 1.87. The maximum Gasteiger partial charge on any atom is 0.231 e. The van der Waals surface area contributed by atoms with Crippen LogP contribution in [0.4, 0.5) is 0 Å². The molecule has 0 fully saturated rings. The summed E-state index contributed by atoms with van der Waals surface area (Å²) in [5.41, 5.74) is 1.03. The lowest BCUT2D eigenvalue weighted by atomic mass is 10.1. The highest BCUT2D eigenvalue weighted by molar-refractivity contribution is 5.76. The number of nitrogens with one attached hydrogen (secondary N) is 2. The van der Waals surface area contributed by atoms with Gasteiger partial charge in [-0.3, -0.25) is 4.79 Å². The second-order valence-corrected chi connectivity index (χ2v) is 4.29. The van der Waals surface area contributed by atoms with E-state index in [4.69, 9.17) is 9.47 Å². The van der Waals surface area contributed by atoms with Gasteiger partial charge >= 0.3 is 0 Å². The van der Waals surface area contributed by atoms with Crippen molar-refractivity contribution in [1.82, 2.24) is 25.9 Å². The summed E-state index contributed by atoms with van der Waals surface area (Å²) in [6, 6.07) is 5.68. The molecule has 20 heavy (non-hydrogen) atoms. The van der Waals surface area contributed by atoms with E-state index in [-0.39, 0.29) is 19.2 Å². The first-order valence-electron chi connectivity index (χ1n) is 6.19. The molecule has 8 nitrogen and oxygen atoms in total. The fourth-order valence-corrected chi connectivity index (χ4v) is 1.88. The van der Waals surface area contributed by atoms with Crippen molar-refractivity contribution in [1.29, 1.82) is 0 Å². The van der Waals surface area contributed by atoms with Gasteiger partial charge < -0.3 is 14.8 Å². The Morgan fingerprint density at radius 3 is 3.10 bits per heavy atom. The van der Waals surface area contributed by atoms with Crippen molar-refractivity contribution in [3.8, 4) is 11.5 Å². The Kier molecular flexibility index (Phi) is 3.44. The third-order valence-electron chi connectivity index (χ3n) is 2.91. The molecule has 8 heteroatoms. The molecule has 1 aliphatic rings. The number of aryl methyl sites for hydroxylation is 1.